The highest BCUT2D eigenvalue weighted by atomic mass is 16.2. The molecule has 1 aliphatic rings. The van der Waals surface area contributed by atoms with Gasteiger partial charge in [0, 0.05) is 12.2 Å². The van der Waals surface area contributed by atoms with E-state index < -0.39 is 0 Å². The number of Topliss-reactive ketones (excluding diaryl/α,β-unsaturated/α-hetero) is 1. The first-order valence-corrected chi connectivity index (χ1v) is 6.92. The number of hydrogen-bond acceptors (Lipinski definition) is 3. The van der Waals surface area contributed by atoms with Crippen LogP contribution in [0.5, 0.6) is 0 Å². The van der Waals surface area contributed by atoms with Gasteiger partial charge in [0.15, 0.2) is 5.78 Å². The van der Waals surface area contributed by atoms with E-state index in [2.05, 4.69) is 5.32 Å². The van der Waals surface area contributed by atoms with Crippen molar-refractivity contribution in [2.24, 2.45) is 0 Å². The number of amides is 2. The number of nitrogens with zero attached hydrogens (tertiary/aromatic N) is 1. The van der Waals surface area contributed by atoms with Crippen LogP contribution < -0.4 is 5.32 Å². The topological polar surface area (TPSA) is 66.5 Å². The first kappa shape index (κ1) is 15.0. The molecule has 1 unspecified atom stereocenters. The zero-order valence-electron chi connectivity index (χ0n) is 11.9. The van der Waals surface area contributed by atoms with E-state index in [1.165, 1.54) is 13.0 Å². The molecule has 0 aromatic heterocycles. The first-order chi connectivity index (χ1) is 10.1. The van der Waals surface area contributed by atoms with E-state index in [-0.39, 0.29) is 17.9 Å². The maximum atomic E-state index is 12.3. The van der Waals surface area contributed by atoms with E-state index in [1.54, 1.807) is 23.1 Å². The Morgan fingerprint density at radius 3 is 2.81 bits per heavy atom. The summed E-state index contributed by atoms with van der Waals surface area (Å²) in [6, 6.07) is 6.60. The number of anilines is 1. The van der Waals surface area contributed by atoms with Crippen LogP contribution in [0.25, 0.3) is 6.08 Å². The van der Waals surface area contributed by atoms with Gasteiger partial charge in [0.05, 0.1) is 6.04 Å². The number of aldehydes is 1. The SMILES string of the molecule is CC(=O)C1CCCN1C(=O)Nc1ccccc1/C=C/C=O. The van der Waals surface area contributed by atoms with Gasteiger partial charge in [-0.25, -0.2) is 4.79 Å². The number of rotatable bonds is 4. The zero-order chi connectivity index (χ0) is 15.2. The monoisotopic (exact) mass is 286 g/mol. The third-order valence-corrected chi connectivity index (χ3v) is 3.54. The predicted octanol–water partition coefficient (Wildman–Crippen LogP) is 2.48. The van der Waals surface area contributed by atoms with Crippen LogP contribution in [0.1, 0.15) is 25.3 Å². The number of benzene rings is 1. The van der Waals surface area contributed by atoms with Crippen LogP contribution in [0.4, 0.5) is 10.5 Å². The second-order valence-corrected chi connectivity index (χ2v) is 4.97. The Kier molecular flexibility index (Phi) is 4.87. The molecule has 1 fully saturated rings. The summed E-state index contributed by atoms with van der Waals surface area (Å²) in [5, 5.41) is 2.81. The summed E-state index contributed by atoms with van der Waals surface area (Å²) in [5.74, 6) is 0.0109. The fraction of sp³-hybridized carbons (Fsp3) is 0.312. The highest BCUT2D eigenvalue weighted by Crippen LogP contribution is 2.21. The highest BCUT2D eigenvalue weighted by molar-refractivity contribution is 5.96. The maximum Gasteiger partial charge on any atom is 0.322 e. The number of hydrogen-bond donors (Lipinski definition) is 1. The number of allylic oxidation sites excluding steroid dienone is 1. The van der Waals surface area contributed by atoms with Crippen molar-refractivity contribution in [1.82, 2.24) is 4.90 Å². The summed E-state index contributed by atoms with van der Waals surface area (Å²) < 4.78 is 0. The Morgan fingerprint density at radius 2 is 2.10 bits per heavy atom. The van der Waals surface area contributed by atoms with Crippen molar-refractivity contribution in [2.75, 3.05) is 11.9 Å². The lowest BCUT2D eigenvalue weighted by atomic mass is 10.1. The number of likely N-dealkylation sites (tertiary alicyclic amines) is 1. The molecule has 1 atom stereocenters. The molecule has 1 aliphatic heterocycles. The molecule has 1 heterocycles. The van der Waals surface area contributed by atoms with Gasteiger partial charge >= 0.3 is 6.03 Å². The molecule has 0 bridgehead atoms. The smallest absolute Gasteiger partial charge is 0.315 e. The number of carbonyl (C=O) groups is 3. The summed E-state index contributed by atoms with van der Waals surface area (Å²) in [4.78, 5) is 35.9. The molecule has 1 N–H and O–H groups in total. The maximum absolute atomic E-state index is 12.3. The number of urea groups is 1. The van der Waals surface area contributed by atoms with Crippen LogP contribution in [0, 0.1) is 0 Å². The summed E-state index contributed by atoms with van der Waals surface area (Å²) in [6.45, 7) is 2.10. The zero-order valence-corrected chi connectivity index (χ0v) is 11.9. The van der Waals surface area contributed by atoms with Gasteiger partial charge < -0.3 is 10.2 Å². The molecule has 2 rings (SSSR count). The van der Waals surface area contributed by atoms with Gasteiger partial charge in [0.2, 0.25) is 0 Å². The molecule has 0 radical (unpaired) electrons. The second-order valence-electron chi connectivity index (χ2n) is 4.97. The number of para-hydroxylation sites is 1. The highest BCUT2D eigenvalue weighted by Gasteiger charge is 2.31. The molecule has 0 aliphatic carbocycles. The van der Waals surface area contributed by atoms with Crippen molar-refractivity contribution in [3.8, 4) is 0 Å². The van der Waals surface area contributed by atoms with Crippen molar-refractivity contribution in [3.63, 3.8) is 0 Å². The van der Waals surface area contributed by atoms with E-state index in [0.29, 0.717) is 18.5 Å². The minimum atomic E-state index is -0.331. The summed E-state index contributed by atoms with van der Waals surface area (Å²) >= 11 is 0. The molecule has 1 aromatic carbocycles. The molecule has 1 saturated heterocycles. The van der Waals surface area contributed by atoms with Gasteiger partial charge in [-0.1, -0.05) is 18.2 Å². The largest absolute Gasteiger partial charge is 0.322 e. The van der Waals surface area contributed by atoms with E-state index in [9.17, 15) is 14.4 Å². The third-order valence-electron chi connectivity index (χ3n) is 3.54. The predicted molar refractivity (Wildman–Crippen MR) is 81.0 cm³/mol. The van der Waals surface area contributed by atoms with Crippen LogP contribution >= 0.6 is 0 Å². The Bertz CT molecular complexity index is 581. The normalized spacial score (nSPS) is 18.0. The van der Waals surface area contributed by atoms with Crippen molar-refractivity contribution in [3.05, 3.63) is 35.9 Å². The number of carbonyl (C=O) groups excluding carboxylic acids is 3. The van der Waals surface area contributed by atoms with Gasteiger partial charge in [-0.05, 0) is 43.5 Å². The average Bonchev–Trinajstić information content (AvgIpc) is 2.96. The van der Waals surface area contributed by atoms with E-state index in [1.807, 2.05) is 12.1 Å². The fourth-order valence-electron chi connectivity index (χ4n) is 2.52. The molecule has 110 valence electrons. The Labute approximate surface area is 123 Å². The first-order valence-electron chi connectivity index (χ1n) is 6.92. The fourth-order valence-corrected chi connectivity index (χ4v) is 2.52. The van der Waals surface area contributed by atoms with Gasteiger partial charge in [-0.3, -0.25) is 9.59 Å². The third kappa shape index (κ3) is 3.56. The van der Waals surface area contributed by atoms with Crippen LogP contribution in [0.3, 0.4) is 0 Å². The summed E-state index contributed by atoms with van der Waals surface area (Å²) in [7, 11) is 0. The van der Waals surface area contributed by atoms with Crippen LogP contribution in [-0.4, -0.2) is 35.6 Å². The molecular formula is C16H18N2O3. The molecule has 0 spiro atoms. The Morgan fingerprint density at radius 1 is 1.33 bits per heavy atom. The molecular weight excluding hydrogens is 268 g/mol. The summed E-state index contributed by atoms with van der Waals surface area (Å²) in [6.07, 6.45) is 5.25. The lowest BCUT2D eigenvalue weighted by Gasteiger charge is -2.23. The van der Waals surface area contributed by atoms with Crippen LogP contribution in [0.2, 0.25) is 0 Å². The minimum Gasteiger partial charge on any atom is -0.315 e. The van der Waals surface area contributed by atoms with Crippen molar-refractivity contribution >= 4 is 29.9 Å². The van der Waals surface area contributed by atoms with E-state index >= 15 is 0 Å². The van der Waals surface area contributed by atoms with Crippen molar-refractivity contribution < 1.29 is 14.4 Å². The molecule has 5 heteroatoms. The minimum absolute atomic E-state index is 0.0109. The van der Waals surface area contributed by atoms with Gasteiger partial charge in [-0.2, -0.15) is 0 Å². The Balaban J connectivity index is 2.14. The van der Waals surface area contributed by atoms with Crippen molar-refractivity contribution in [2.45, 2.75) is 25.8 Å². The van der Waals surface area contributed by atoms with Crippen molar-refractivity contribution in [1.29, 1.82) is 0 Å². The van der Waals surface area contributed by atoms with Crippen LogP contribution in [0.15, 0.2) is 30.3 Å². The molecule has 21 heavy (non-hydrogen) atoms. The quantitative estimate of drug-likeness (QED) is 0.683. The number of ketones is 1. The number of nitrogens with one attached hydrogen (secondary N) is 1. The second kappa shape index (κ2) is 6.83. The van der Waals surface area contributed by atoms with Gasteiger partial charge in [0.1, 0.15) is 6.29 Å². The standard InChI is InChI=1S/C16H18N2O3/c1-12(20)15-9-4-10-18(15)16(21)17-14-8-3-2-6-13(14)7-5-11-19/h2-3,5-8,11,15H,4,9-10H2,1H3,(H,17,21)/b7-5+. The van der Waals surface area contributed by atoms with E-state index in [0.717, 1.165) is 18.4 Å². The van der Waals surface area contributed by atoms with E-state index in [4.69, 9.17) is 0 Å². The lowest BCUT2D eigenvalue weighted by molar-refractivity contribution is -0.120. The molecule has 5 nitrogen and oxygen atoms in total. The van der Waals surface area contributed by atoms with Gasteiger partial charge in [-0.15, -0.1) is 0 Å². The van der Waals surface area contributed by atoms with Crippen LogP contribution in [-0.2, 0) is 9.59 Å². The lowest BCUT2D eigenvalue weighted by Crippen LogP contribution is -2.42. The summed E-state index contributed by atoms with van der Waals surface area (Å²) in [5.41, 5.74) is 1.37. The molecule has 0 saturated carbocycles. The molecule has 2 amide bonds. The Hall–Kier alpha value is -2.43. The molecule has 1 aromatic rings. The van der Waals surface area contributed by atoms with Gasteiger partial charge in [0.25, 0.3) is 0 Å². The average molecular weight is 286 g/mol.